The van der Waals surface area contributed by atoms with Crippen molar-refractivity contribution in [2.24, 2.45) is 0 Å². The monoisotopic (exact) mass is 514 g/mol. The lowest BCUT2D eigenvalue weighted by molar-refractivity contribution is -0.104. The number of hydrogen-bond acceptors (Lipinski definition) is 4. The normalized spacial score (nSPS) is 14.2. The second-order valence-electron chi connectivity index (χ2n) is 9.93. The zero-order valence-corrected chi connectivity index (χ0v) is 23.2. The molecular formula is C32H38O4Si. The molecule has 0 saturated carbocycles. The van der Waals surface area contributed by atoms with Crippen molar-refractivity contribution in [1.82, 2.24) is 0 Å². The molecular weight excluding hydrogens is 476 g/mol. The van der Waals surface area contributed by atoms with Crippen LogP contribution in [0.1, 0.15) is 32.8 Å². The van der Waals surface area contributed by atoms with E-state index in [1.165, 1.54) is 16.4 Å². The average molecular weight is 515 g/mol. The van der Waals surface area contributed by atoms with Crippen molar-refractivity contribution in [3.05, 3.63) is 115 Å². The van der Waals surface area contributed by atoms with E-state index < -0.39 is 14.4 Å². The Balaban J connectivity index is 2.15. The molecule has 0 fully saturated rings. The van der Waals surface area contributed by atoms with Crippen LogP contribution in [-0.2, 0) is 18.7 Å². The molecule has 4 nitrogen and oxygen atoms in total. The van der Waals surface area contributed by atoms with Crippen molar-refractivity contribution in [1.29, 1.82) is 0 Å². The largest absolute Gasteiger partial charge is 0.401 e. The predicted molar refractivity (Wildman–Crippen MR) is 155 cm³/mol. The second kappa shape index (κ2) is 14.0. The molecule has 0 aliphatic carbocycles. The molecule has 0 radical (unpaired) electrons. The average Bonchev–Trinajstić information content (AvgIpc) is 2.92. The van der Waals surface area contributed by atoms with Crippen LogP contribution >= 0.6 is 0 Å². The van der Waals surface area contributed by atoms with Gasteiger partial charge >= 0.3 is 0 Å². The molecule has 0 aliphatic heterocycles. The number of allylic oxidation sites excluding steroid dienone is 1. The summed E-state index contributed by atoms with van der Waals surface area (Å²) in [6.07, 6.45) is 8.00. The van der Waals surface area contributed by atoms with Gasteiger partial charge in [-0.1, -0.05) is 130 Å². The fraction of sp³-hybridized carbons (Fsp3) is 0.281. The lowest BCUT2D eigenvalue weighted by Crippen LogP contribution is -2.68. The predicted octanol–water partition coefficient (Wildman–Crippen LogP) is 5.78. The van der Waals surface area contributed by atoms with Gasteiger partial charge in [-0.2, -0.15) is 0 Å². The molecule has 0 aliphatic rings. The van der Waals surface area contributed by atoms with Crippen molar-refractivity contribution in [2.45, 2.75) is 44.4 Å². The third-order valence-corrected chi connectivity index (χ3v) is 11.4. The van der Waals surface area contributed by atoms with Crippen LogP contribution in [0.2, 0.25) is 5.04 Å². The van der Waals surface area contributed by atoms with Gasteiger partial charge in [-0.05, 0) is 33.5 Å². The van der Waals surface area contributed by atoms with Gasteiger partial charge in [0.25, 0.3) is 8.32 Å². The summed E-state index contributed by atoms with van der Waals surface area (Å²) in [7, 11) is -1.25. The van der Waals surface area contributed by atoms with Gasteiger partial charge < -0.3 is 13.9 Å². The van der Waals surface area contributed by atoms with Gasteiger partial charge in [0.2, 0.25) is 0 Å². The van der Waals surface area contributed by atoms with Crippen LogP contribution in [0, 0.1) is 0 Å². The molecule has 0 heterocycles. The first-order valence-electron chi connectivity index (χ1n) is 12.7. The highest BCUT2D eigenvalue weighted by atomic mass is 28.4. The minimum atomic E-state index is -2.86. The number of rotatable bonds is 13. The molecule has 3 rings (SSSR count). The van der Waals surface area contributed by atoms with E-state index in [9.17, 15) is 4.79 Å². The van der Waals surface area contributed by atoms with Crippen LogP contribution in [0.5, 0.6) is 0 Å². The molecule has 0 N–H and O–H groups in total. The first kappa shape index (κ1) is 28.5. The third-order valence-electron chi connectivity index (χ3n) is 6.35. The van der Waals surface area contributed by atoms with E-state index in [-0.39, 0.29) is 17.9 Å². The van der Waals surface area contributed by atoms with Gasteiger partial charge in [-0.3, -0.25) is 4.79 Å². The molecule has 0 aromatic heterocycles. The molecule has 3 aromatic rings. The summed E-state index contributed by atoms with van der Waals surface area (Å²) in [5.41, 5.74) is 1.07. The Morgan fingerprint density at radius 2 is 1.38 bits per heavy atom. The number of hydrogen-bond donors (Lipinski definition) is 0. The third kappa shape index (κ3) is 7.46. The highest BCUT2D eigenvalue weighted by Crippen LogP contribution is 2.38. The van der Waals surface area contributed by atoms with Gasteiger partial charge in [0.1, 0.15) is 19.2 Å². The minimum Gasteiger partial charge on any atom is -0.401 e. The smallest absolute Gasteiger partial charge is 0.261 e. The molecule has 194 valence electrons. The maximum absolute atomic E-state index is 11.1. The van der Waals surface area contributed by atoms with Crippen LogP contribution in [0.4, 0.5) is 0 Å². The Morgan fingerprint density at radius 1 is 0.838 bits per heavy atom. The van der Waals surface area contributed by atoms with Crippen molar-refractivity contribution in [3.8, 4) is 0 Å². The summed E-state index contributed by atoms with van der Waals surface area (Å²) < 4.78 is 18.9. The molecule has 37 heavy (non-hydrogen) atoms. The first-order valence-corrected chi connectivity index (χ1v) is 14.6. The van der Waals surface area contributed by atoms with Gasteiger partial charge in [0, 0.05) is 7.11 Å². The SMILES string of the molecule is COCO[C@@H](/C=C/c1ccccc1)[C@H](C/C=C/C=O)O[Si](c1ccccc1)(c1ccccc1)C(C)(C)C. The zero-order valence-electron chi connectivity index (χ0n) is 22.2. The Hall–Kier alpha value is -3.09. The number of ether oxygens (including phenoxy) is 2. The molecule has 0 amide bonds. The van der Waals surface area contributed by atoms with Crippen LogP contribution in [0.15, 0.2) is 109 Å². The Labute approximate surface area is 222 Å². The standard InChI is InChI=1S/C32H38O4Si/c1-32(2,3)37(28-18-10-6-11-19-28,29-20-12-7-13-21-29)36-31(22-14-15-25-33)30(35-26-34-4)24-23-27-16-8-5-9-17-27/h5-21,23-25,30-31H,22,26H2,1-4H3/b15-14+,24-23+/t30-,31-/m0/s1. The van der Waals surface area contributed by atoms with Crippen molar-refractivity contribution in [3.63, 3.8) is 0 Å². The van der Waals surface area contributed by atoms with E-state index in [2.05, 4.69) is 69.3 Å². The minimum absolute atomic E-state index is 0.127. The number of aldehydes is 1. The zero-order chi connectivity index (χ0) is 26.6. The molecule has 5 heteroatoms. The van der Waals surface area contributed by atoms with Crippen LogP contribution in [0.3, 0.4) is 0 Å². The van der Waals surface area contributed by atoms with Crippen molar-refractivity contribution < 1.29 is 18.7 Å². The number of carbonyl (C=O) groups is 1. The highest BCUT2D eigenvalue weighted by molar-refractivity contribution is 6.99. The Morgan fingerprint density at radius 3 is 1.86 bits per heavy atom. The summed E-state index contributed by atoms with van der Waals surface area (Å²) in [4.78, 5) is 11.1. The maximum atomic E-state index is 11.1. The summed E-state index contributed by atoms with van der Waals surface area (Å²) in [5, 5.41) is 2.18. The summed E-state index contributed by atoms with van der Waals surface area (Å²) >= 11 is 0. The second-order valence-corrected chi connectivity index (χ2v) is 14.2. The number of benzene rings is 3. The number of methoxy groups -OCH3 is 1. The van der Waals surface area contributed by atoms with Gasteiger partial charge in [0.15, 0.2) is 0 Å². The van der Waals surface area contributed by atoms with Gasteiger partial charge in [-0.15, -0.1) is 0 Å². The van der Waals surface area contributed by atoms with E-state index in [0.29, 0.717) is 6.42 Å². The lowest BCUT2D eigenvalue weighted by Gasteiger charge is -2.46. The quantitative estimate of drug-likeness (QED) is 0.126. The van der Waals surface area contributed by atoms with E-state index in [1.807, 2.05) is 60.7 Å². The topological polar surface area (TPSA) is 44.8 Å². The van der Waals surface area contributed by atoms with Crippen LogP contribution in [0.25, 0.3) is 6.08 Å². The van der Waals surface area contributed by atoms with E-state index in [1.54, 1.807) is 7.11 Å². The fourth-order valence-electron chi connectivity index (χ4n) is 4.64. The van der Waals surface area contributed by atoms with Gasteiger partial charge in [0.05, 0.1) is 6.10 Å². The first-order chi connectivity index (χ1) is 17.9. The fourth-order valence-corrected chi connectivity index (χ4v) is 9.34. The molecule has 0 saturated heterocycles. The summed E-state index contributed by atoms with van der Waals surface area (Å²) in [5.74, 6) is 0. The van der Waals surface area contributed by atoms with Crippen LogP contribution < -0.4 is 10.4 Å². The molecule has 2 atom stereocenters. The summed E-state index contributed by atoms with van der Waals surface area (Å²) in [6.45, 7) is 6.88. The van der Waals surface area contributed by atoms with Crippen molar-refractivity contribution >= 4 is 31.1 Å². The van der Waals surface area contributed by atoms with Gasteiger partial charge in [-0.25, -0.2) is 0 Å². The van der Waals surface area contributed by atoms with E-state index in [4.69, 9.17) is 13.9 Å². The Kier molecular flexibility index (Phi) is 10.8. The molecule has 0 bridgehead atoms. The van der Waals surface area contributed by atoms with Crippen molar-refractivity contribution in [2.75, 3.05) is 13.9 Å². The lowest BCUT2D eigenvalue weighted by atomic mass is 10.1. The Bertz CT molecular complexity index is 1080. The van der Waals surface area contributed by atoms with Crippen LogP contribution in [-0.4, -0.2) is 40.7 Å². The molecule has 3 aromatic carbocycles. The van der Waals surface area contributed by atoms with E-state index in [0.717, 1.165) is 11.8 Å². The molecule has 0 spiro atoms. The maximum Gasteiger partial charge on any atom is 0.261 e. The molecule has 0 unspecified atom stereocenters. The summed E-state index contributed by atoms with van der Waals surface area (Å²) in [6, 6.07) is 31.2. The number of carbonyl (C=O) groups excluding carboxylic acids is 1. The highest BCUT2D eigenvalue weighted by Gasteiger charge is 2.52. The van der Waals surface area contributed by atoms with E-state index >= 15 is 0 Å².